The van der Waals surface area contributed by atoms with Gasteiger partial charge in [0.25, 0.3) is 0 Å². The molecule has 1 aliphatic carbocycles. The molecule has 0 radical (unpaired) electrons. The third kappa shape index (κ3) is 2.96. The van der Waals surface area contributed by atoms with Gasteiger partial charge in [-0.2, -0.15) is 0 Å². The van der Waals surface area contributed by atoms with Gasteiger partial charge in [-0.05, 0) is 56.5 Å². The molecule has 2 aromatic rings. The fourth-order valence-corrected chi connectivity index (χ4v) is 4.09. The van der Waals surface area contributed by atoms with E-state index in [0.29, 0.717) is 0 Å². The summed E-state index contributed by atoms with van der Waals surface area (Å²) in [5.41, 5.74) is 0.497. The van der Waals surface area contributed by atoms with E-state index in [0.717, 1.165) is 54.3 Å². The van der Waals surface area contributed by atoms with Crippen LogP contribution in [0.4, 0.5) is 0 Å². The maximum absolute atomic E-state index is 13.4. The van der Waals surface area contributed by atoms with Gasteiger partial charge in [-0.25, -0.2) is 0 Å². The lowest BCUT2D eigenvalue weighted by Gasteiger charge is -2.37. The summed E-state index contributed by atoms with van der Waals surface area (Å²) >= 11 is 0. The van der Waals surface area contributed by atoms with Crippen LogP contribution in [0.3, 0.4) is 0 Å². The van der Waals surface area contributed by atoms with Gasteiger partial charge in [0, 0.05) is 0 Å². The highest BCUT2D eigenvalue weighted by atomic mass is 16.7. The van der Waals surface area contributed by atoms with Crippen molar-refractivity contribution in [1.29, 1.82) is 0 Å². The molecule has 1 N–H and O–H groups in total. The number of benzene rings is 1. The summed E-state index contributed by atoms with van der Waals surface area (Å²) in [6, 6.07) is 9.60. The van der Waals surface area contributed by atoms with Crippen LogP contribution in [-0.2, 0) is 10.2 Å². The van der Waals surface area contributed by atoms with Crippen molar-refractivity contribution < 1.29 is 18.7 Å². The summed E-state index contributed by atoms with van der Waals surface area (Å²) in [5.74, 6) is 3.18. The van der Waals surface area contributed by atoms with Gasteiger partial charge >= 0.3 is 0 Å². The summed E-state index contributed by atoms with van der Waals surface area (Å²) in [6.07, 6.45) is 4.98. The number of carbonyl (C=O) groups excluding carboxylic acids is 1. The quantitative estimate of drug-likeness (QED) is 0.883. The Hall–Kier alpha value is -2.43. The molecule has 1 amide bonds. The number of hydrogen-bond donors (Lipinski definition) is 1. The highest BCUT2D eigenvalue weighted by molar-refractivity contribution is 5.89. The predicted molar refractivity (Wildman–Crippen MR) is 97.3 cm³/mol. The smallest absolute Gasteiger partial charge is 0.231 e. The number of nitrogens with one attached hydrogen (secondary N) is 1. The van der Waals surface area contributed by atoms with Gasteiger partial charge in [0.05, 0.1) is 11.5 Å². The monoisotopic (exact) mass is 355 g/mol. The van der Waals surface area contributed by atoms with Crippen molar-refractivity contribution in [2.45, 2.75) is 57.4 Å². The molecule has 1 fully saturated rings. The van der Waals surface area contributed by atoms with E-state index < -0.39 is 5.41 Å². The topological polar surface area (TPSA) is 60.7 Å². The van der Waals surface area contributed by atoms with E-state index in [1.54, 1.807) is 0 Å². The first-order chi connectivity index (χ1) is 12.6. The molecule has 1 saturated carbocycles. The third-order valence-corrected chi connectivity index (χ3v) is 5.60. The molecule has 26 heavy (non-hydrogen) atoms. The zero-order valence-electron chi connectivity index (χ0n) is 15.3. The molecule has 1 aliphatic heterocycles. The van der Waals surface area contributed by atoms with Crippen LogP contribution in [0.1, 0.15) is 62.2 Å². The molecule has 2 aliphatic rings. The highest BCUT2D eigenvalue weighted by Crippen LogP contribution is 2.44. The molecular formula is C21H25NO4. The van der Waals surface area contributed by atoms with Gasteiger partial charge in [0.1, 0.15) is 11.5 Å². The summed E-state index contributed by atoms with van der Waals surface area (Å²) in [6.45, 7) is 4.12. The summed E-state index contributed by atoms with van der Waals surface area (Å²) in [4.78, 5) is 13.4. The number of aryl methyl sites for hydroxylation is 1. The Morgan fingerprint density at radius 3 is 2.58 bits per heavy atom. The van der Waals surface area contributed by atoms with Crippen molar-refractivity contribution in [3.05, 3.63) is 47.4 Å². The average molecular weight is 355 g/mol. The van der Waals surface area contributed by atoms with Gasteiger partial charge < -0.3 is 19.2 Å². The van der Waals surface area contributed by atoms with Gasteiger partial charge in [0.15, 0.2) is 11.5 Å². The molecule has 0 bridgehead atoms. The normalized spacial score (nSPS) is 19.2. The summed E-state index contributed by atoms with van der Waals surface area (Å²) in [7, 11) is 0. The number of ether oxygens (including phenoxy) is 2. The van der Waals surface area contributed by atoms with E-state index >= 15 is 0 Å². The lowest BCUT2D eigenvalue weighted by atomic mass is 9.68. The standard InChI is InChI=1S/C21H25NO4/c1-14-6-8-17(26-14)15(2)22-20(23)21(10-4-3-5-11-21)16-7-9-18-19(12-16)25-13-24-18/h6-9,12,15H,3-5,10-11,13H2,1-2H3,(H,22,23). The van der Waals surface area contributed by atoms with Crippen LogP contribution in [-0.4, -0.2) is 12.7 Å². The number of amides is 1. The minimum Gasteiger partial charge on any atom is -0.464 e. The van der Waals surface area contributed by atoms with Crippen molar-refractivity contribution in [2.24, 2.45) is 0 Å². The molecule has 1 unspecified atom stereocenters. The van der Waals surface area contributed by atoms with E-state index in [-0.39, 0.29) is 18.7 Å². The Labute approximate surface area is 153 Å². The van der Waals surface area contributed by atoms with Crippen LogP contribution in [0.25, 0.3) is 0 Å². The largest absolute Gasteiger partial charge is 0.464 e. The van der Waals surface area contributed by atoms with Crippen LogP contribution in [0, 0.1) is 6.92 Å². The first kappa shape index (κ1) is 17.0. The van der Waals surface area contributed by atoms with Crippen LogP contribution in [0.2, 0.25) is 0 Å². The number of carbonyl (C=O) groups is 1. The SMILES string of the molecule is Cc1ccc(C(C)NC(=O)C2(c3ccc4c(c3)OCO4)CCCCC2)o1. The molecule has 0 saturated heterocycles. The fraction of sp³-hybridized carbons (Fsp3) is 0.476. The molecule has 138 valence electrons. The second-order valence-corrected chi connectivity index (χ2v) is 7.35. The molecule has 1 atom stereocenters. The number of hydrogen-bond acceptors (Lipinski definition) is 4. The zero-order chi connectivity index (χ0) is 18.1. The van der Waals surface area contributed by atoms with E-state index in [4.69, 9.17) is 13.9 Å². The average Bonchev–Trinajstić information content (AvgIpc) is 3.30. The molecule has 2 heterocycles. The van der Waals surface area contributed by atoms with E-state index in [1.807, 2.05) is 44.2 Å². The Morgan fingerprint density at radius 1 is 1.08 bits per heavy atom. The zero-order valence-corrected chi connectivity index (χ0v) is 15.3. The fourth-order valence-electron chi connectivity index (χ4n) is 4.09. The Kier molecular flexibility index (Phi) is 4.39. The number of furan rings is 1. The number of rotatable bonds is 4. The van der Waals surface area contributed by atoms with E-state index in [9.17, 15) is 4.79 Å². The van der Waals surface area contributed by atoms with Gasteiger partial charge in [0.2, 0.25) is 12.7 Å². The first-order valence-electron chi connectivity index (χ1n) is 9.36. The van der Waals surface area contributed by atoms with Gasteiger partial charge in [-0.15, -0.1) is 0 Å². The second-order valence-electron chi connectivity index (χ2n) is 7.35. The van der Waals surface area contributed by atoms with Crippen molar-refractivity contribution >= 4 is 5.91 Å². The van der Waals surface area contributed by atoms with Crippen LogP contribution >= 0.6 is 0 Å². The minimum atomic E-state index is -0.519. The lowest BCUT2D eigenvalue weighted by molar-refractivity contribution is -0.128. The predicted octanol–water partition coefficient (Wildman–Crippen LogP) is 4.40. The van der Waals surface area contributed by atoms with Gasteiger partial charge in [-0.1, -0.05) is 25.3 Å². The van der Waals surface area contributed by atoms with Crippen molar-refractivity contribution in [3.8, 4) is 11.5 Å². The first-order valence-corrected chi connectivity index (χ1v) is 9.36. The van der Waals surface area contributed by atoms with Crippen molar-refractivity contribution in [3.63, 3.8) is 0 Å². The van der Waals surface area contributed by atoms with Crippen LogP contribution in [0.5, 0.6) is 11.5 Å². The Bertz CT molecular complexity index is 804. The molecule has 5 nitrogen and oxygen atoms in total. The molecule has 5 heteroatoms. The summed E-state index contributed by atoms with van der Waals surface area (Å²) < 4.78 is 16.6. The Morgan fingerprint density at radius 2 is 1.85 bits per heavy atom. The maximum Gasteiger partial charge on any atom is 0.231 e. The lowest BCUT2D eigenvalue weighted by Crippen LogP contribution is -2.46. The Balaban J connectivity index is 1.62. The van der Waals surface area contributed by atoms with E-state index in [1.165, 1.54) is 6.42 Å². The van der Waals surface area contributed by atoms with Gasteiger partial charge in [-0.3, -0.25) is 4.79 Å². The summed E-state index contributed by atoms with van der Waals surface area (Å²) in [5, 5.41) is 3.18. The molecule has 1 aromatic carbocycles. The van der Waals surface area contributed by atoms with E-state index in [2.05, 4.69) is 5.32 Å². The third-order valence-electron chi connectivity index (χ3n) is 5.60. The molecule has 0 spiro atoms. The molecular weight excluding hydrogens is 330 g/mol. The molecule has 4 rings (SSSR count). The highest BCUT2D eigenvalue weighted by Gasteiger charge is 2.42. The van der Waals surface area contributed by atoms with Crippen molar-refractivity contribution in [2.75, 3.05) is 6.79 Å². The minimum absolute atomic E-state index is 0.0672. The van der Waals surface area contributed by atoms with Crippen LogP contribution < -0.4 is 14.8 Å². The van der Waals surface area contributed by atoms with Crippen LogP contribution in [0.15, 0.2) is 34.7 Å². The number of fused-ring (bicyclic) bond motifs is 1. The molecule has 1 aromatic heterocycles. The maximum atomic E-state index is 13.4. The second kappa shape index (κ2) is 6.71. The van der Waals surface area contributed by atoms with Crippen molar-refractivity contribution in [1.82, 2.24) is 5.32 Å².